The maximum Gasteiger partial charge on any atom is 0.252 e. The summed E-state index contributed by atoms with van der Waals surface area (Å²) in [5.74, 6) is -0.792. The van der Waals surface area contributed by atoms with Crippen molar-refractivity contribution in [3.63, 3.8) is 0 Å². The maximum atomic E-state index is 12.5. The number of rotatable bonds is 4. The molecule has 3 N–H and O–H groups in total. The zero-order chi connectivity index (χ0) is 15.6. The van der Waals surface area contributed by atoms with E-state index in [1.807, 2.05) is 12.1 Å². The average Bonchev–Trinajstić information content (AvgIpc) is 2.35. The van der Waals surface area contributed by atoms with Gasteiger partial charge < -0.3 is 11.1 Å². The molecule has 110 valence electrons. The summed E-state index contributed by atoms with van der Waals surface area (Å²) in [5, 5.41) is 3.74. The van der Waals surface area contributed by atoms with Gasteiger partial charge in [-0.2, -0.15) is 0 Å². The topological polar surface area (TPSA) is 85.1 Å². The first-order chi connectivity index (χ1) is 9.78. The molecule has 2 aromatic rings. The van der Waals surface area contributed by atoms with Crippen LogP contribution in [0.15, 0.2) is 30.3 Å². The SMILES string of the molecule is CC(C)(CC(N)=O)NC(=O)c1cc(Cl)nc2ccccc12. The summed E-state index contributed by atoms with van der Waals surface area (Å²) in [7, 11) is 0. The number of pyridine rings is 1. The van der Waals surface area contributed by atoms with Crippen LogP contribution >= 0.6 is 11.6 Å². The lowest BCUT2D eigenvalue weighted by Crippen LogP contribution is -2.46. The average molecular weight is 306 g/mol. The summed E-state index contributed by atoms with van der Waals surface area (Å²) in [4.78, 5) is 27.7. The largest absolute Gasteiger partial charge is 0.370 e. The Hall–Kier alpha value is -2.14. The molecule has 2 rings (SSSR count). The Balaban J connectivity index is 2.38. The van der Waals surface area contributed by atoms with Crippen molar-refractivity contribution in [3.8, 4) is 0 Å². The van der Waals surface area contributed by atoms with Gasteiger partial charge in [0.2, 0.25) is 5.91 Å². The smallest absolute Gasteiger partial charge is 0.252 e. The molecule has 1 aromatic carbocycles. The Kier molecular flexibility index (Phi) is 4.14. The zero-order valence-corrected chi connectivity index (χ0v) is 12.6. The first-order valence-electron chi connectivity index (χ1n) is 6.44. The summed E-state index contributed by atoms with van der Waals surface area (Å²) in [5.41, 5.74) is 5.51. The fourth-order valence-corrected chi connectivity index (χ4v) is 2.39. The van der Waals surface area contributed by atoms with E-state index in [9.17, 15) is 9.59 Å². The van der Waals surface area contributed by atoms with E-state index < -0.39 is 11.4 Å². The van der Waals surface area contributed by atoms with E-state index in [0.29, 0.717) is 16.5 Å². The predicted octanol–water partition coefficient (Wildman–Crippen LogP) is 2.27. The molecule has 0 unspecified atom stereocenters. The highest BCUT2D eigenvalue weighted by atomic mass is 35.5. The summed E-state index contributed by atoms with van der Waals surface area (Å²) in [6, 6.07) is 8.74. The standard InChI is InChI=1S/C15H16ClN3O2/c1-15(2,8-13(17)20)19-14(21)10-7-12(16)18-11-6-4-3-5-9(10)11/h3-7H,8H2,1-2H3,(H2,17,20)(H,19,21). The number of halogens is 1. The van der Waals surface area contributed by atoms with E-state index in [4.69, 9.17) is 17.3 Å². The third-order valence-electron chi connectivity index (χ3n) is 3.00. The fraction of sp³-hybridized carbons (Fsp3) is 0.267. The minimum Gasteiger partial charge on any atom is -0.370 e. The summed E-state index contributed by atoms with van der Waals surface area (Å²) >= 11 is 5.96. The van der Waals surface area contributed by atoms with Crippen molar-refractivity contribution in [2.24, 2.45) is 5.73 Å². The minimum absolute atomic E-state index is 0.0511. The minimum atomic E-state index is -0.736. The number of primary amides is 1. The van der Waals surface area contributed by atoms with E-state index >= 15 is 0 Å². The van der Waals surface area contributed by atoms with Crippen LogP contribution in [0.5, 0.6) is 0 Å². The van der Waals surface area contributed by atoms with Gasteiger partial charge in [0.05, 0.1) is 11.1 Å². The second-order valence-electron chi connectivity index (χ2n) is 5.49. The Morgan fingerprint density at radius 1 is 1.33 bits per heavy atom. The van der Waals surface area contributed by atoms with E-state index in [0.717, 1.165) is 0 Å². The number of aromatic nitrogens is 1. The molecule has 1 aromatic heterocycles. The van der Waals surface area contributed by atoms with Crippen LogP contribution in [0, 0.1) is 0 Å². The van der Waals surface area contributed by atoms with Crippen LogP contribution in [0.4, 0.5) is 0 Å². The lowest BCUT2D eigenvalue weighted by molar-refractivity contribution is -0.119. The molecule has 0 radical (unpaired) electrons. The maximum absolute atomic E-state index is 12.5. The number of amides is 2. The molecule has 6 heteroatoms. The van der Waals surface area contributed by atoms with Crippen LogP contribution in [0.25, 0.3) is 10.9 Å². The lowest BCUT2D eigenvalue weighted by Gasteiger charge is -2.25. The van der Waals surface area contributed by atoms with Gasteiger partial charge in [-0.15, -0.1) is 0 Å². The quantitative estimate of drug-likeness (QED) is 0.850. The molecule has 0 bridgehead atoms. The van der Waals surface area contributed by atoms with Crippen molar-refractivity contribution in [1.82, 2.24) is 10.3 Å². The van der Waals surface area contributed by atoms with E-state index in [-0.39, 0.29) is 17.5 Å². The lowest BCUT2D eigenvalue weighted by atomic mass is 9.99. The van der Waals surface area contributed by atoms with Gasteiger partial charge in [0.1, 0.15) is 5.15 Å². The molecule has 21 heavy (non-hydrogen) atoms. The van der Waals surface area contributed by atoms with Crippen LogP contribution in [0.3, 0.4) is 0 Å². The monoisotopic (exact) mass is 305 g/mol. The van der Waals surface area contributed by atoms with Crippen LogP contribution in [-0.2, 0) is 4.79 Å². The van der Waals surface area contributed by atoms with Gasteiger partial charge in [0, 0.05) is 17.3 Å². The molecular formula is C15H16ClN3O2. The van der Waals surface area contributed by atoms with Crippen LogP contribution in [0.2, 0.25) is 5.15 Å². The second-order valence-corrected chi connectivity index (χ2v) is 5.88. The number of fused-ring (bicyclic) bond motifs is 1. The fourth-order valence-electron chi connectivity index (χ4n) is 2.19. The van der Waals surface area contributed by atoms with Gasteiger partial charge in [-0.3, -0.25) is 9.59 Å². The van der Waals surface area contributed by atoms with Gasteiger partial charge in [-0.1, -0.05) is 29.8 Å². The molecule has 1 heterocycles. The number of nitrogens with zero attached hydrogens (tertiary/aromatic N) is 1. The number of hydrogen-bond acceptors (Lipinski definition) is 3. The molecule has 0 aliphatic rings. The normalized spacial score (nSPS) is 11.4. The third kappa shape index (κ3) is 3.70. The number of hydrogen-bond donors (Lipinski definition) is 2. The van der Waals surface area contributed by atoms with Gasteiger partial charge in [0.25, 0.3) is 5.91 Å². The first kappa shape index (κ1) is 15.3. The summed E-state index contributed by atoms with van der Waals surface area (Å²) in [6.07, 6.45) is 0.0511. The van der Waals surface area contributed by atoms with Crippen LogP contribution in [-0.4, -0.2) is 22.3 Å². The summed E-state index contributed by atoms with van der Waals surface area (Å²) in [6.45, 7) is 3.47. The van der Waals surface area contributed by atoms with Crippen molar-refractivity contribution in [3.05, 3.63) is 41.0 Å². The van der Waals surface area contributed by atoms with Crippen LogP contribution < -0.4 is 11.1 Å². The summed E-state index contributed by atoms with van der Waals surface area (Å²) < 4.78 is 0. The highest BCUT2D eigenvalue weighted by Gasteiger charge is 2.24. The van der Waals surface area contributed by atoms with Gasteiger partial charge in [0.15, 0.2) is 0 Å². The molecule has 2 amide bonds. The van der Waals surface area contributed by atoms with Gasteiger partial charge in [-0.05, 0) is 26.0 Å². The van der Waals surface area contributed by atoms with E-state index in [1.54, 1.807) is 26.0 Å². The molecular weight excluding hydrogens is 290 g/mol. The number of para-hydroxylation sites is 1. The van der Waals surface area contributed by atoms with Crippen molar-refractivity contribution < 1.29 is 9.59 Å². The number of nitrogens with two attached hydrogens (primary N) is 1. The van der Waals surface area contributed by atoms with E-state index in [2.05, 4.69) is 10.3 Å². The molecule has 0 saturated heterocycles. The molecule has 0 aliphatic carbocycles. The third-order valence-corrected chi connectivity index (χ3v) is 3.19. The van der Waals surface area contributed by atoms with Crippen molar-refractivity contribution >= 4 is 34.3 Å². The highest BCUT2D eigenvalue weighted by Crippen LogP contribution is 2.21. The molecule has 0 atom stereocenters. The Labute approximate surface area is 127 Å². The number of carbonyl (C=O) groups excluding carboxylic acids is 2. The Morgan fingerprint density at radius 3 is 2.67 bits per heavy atom. The van der Waals surface area contributed by atoms with Gasteiger partial charge in [-0.25, -0.2) is 4.98 Å². The molecule has 0 aliphatic heterocycles. The molecule has 5 nitrogen and oxygen atoms in total. The highest BCUT2D eigenvalue weighted by molar-refractivity contribution is 6.30. The zero-order valence-electron chi connectivity index (χ0n) is 11.8. The van der Waals surface area contributed by atoms with Crippen molar-refractivity contribution in [2.75, 3.05) is 0 Å². The number of nitrogens with one attached hydrogen (secondary N) is 1. The number of benzene rings is 1. The van der Waals surface area contributed by atoms with E-state index in [1.165, 1.54) is 6.07 Å². The van der Waals surface area contributed by atoms with Gasteiger partial charge >= 0.3 is 0 Å². The Morgan fingerprint density at radius 2 is 2.00 bits per heavy atom. The van der Waals surface area contributed by atoms with Crippen LogP contribution in [0.1, 0.15) is 30.6 Å². The van der Waals surface area contributed by atoms with Crippen molar-refractivity contribution in [1.29, 1.82) is 0 Å². The molecule has 0 spiro atoms. The first-order valence-corrected chi connectivity index (χ1v) is 6.82. The second kappa shape index (κ2) is 5.69. The van der Waals surface area contributed by atoms with Crippen molar-refractivity contribution in [2.45, 2.75) is 25.8 Å². The molecule has 0 saturated carbocycles. The predicted molar refractivity (Wildman–Crippen MR) is 82.1 cm³/mol. The molecule has 0 fully saturated rings. The Bertz CT molecular complexity index is 713. The number of carbonyl (C=O) groups is 2.